The van der Waals surface area contributed by atoms with Crippen molar-refractivity contribution in [3.8, 4) is 0 Å². The Morgan fingerprint density at radius 3 is 2.55 bits per heavy atom. The quantitative estimate of drug-likeness (QED) is 0.778. The zero-order valence-corrected chi connectivity index (χ0v) is 15.3. The Hall–Kier alpha value is -0.990. The Balaban J connectivity index is 2.51. The standard InChI is InChI=1S/C14H24N2O4S2/c1-6-14(2,3)15-12(17)10-21-9-11-7-8-13(20-11)22(18,19)16(4)5/h7-8H,6,9-10H2,1-5H3,(H,15,17). The van der Waals surface area contributed by atoms with Crippen molar-refractivity contribution >= 4 is 27.7 Å². The number of hydrogen-bond acceptors (Lipinski definition) is 5. The van der Waals surface area contributed by atoms with Crippen LogP contribution < -0.4 is 5.32 Å². The summed E-state index contributed by atoms with van der Waals surface area (Å²) in [4.78, 5) is 11.8. The van der Waals surface area contributed by atoms with Crippen LogP contribution in [-0.2, 0) is 20.6 Å². The molecule has 0 atom stereocenters. The molecule has 22 heavy (non-hydrogen) atoms. The van der Waals surface area contributed by atoms with Crippen molar-refractivity contribution in [2.75, 3.05) is 19.8 Å². The number of carbonyl (C=O) groups is 1. The Kier molecular flexibility index (Phi) is 6.51. The van der Waals surface area contributed by atoms with Crippen LogP contribution in [0.1, 0.15) is 33.0 Å². The summed E-state index contributed by atoms with van der Waals surface area (Å²) in [6, 6.07) is 3.06. The van der Waals surface area contributed by atoms with Gasteiger partial charge in [0.1, 0.15) is 5.76 Å². The predicted octanol–water partition coefficient (Wildman–Crippen LogP) is 2.07. The summed E-state index contributed by atoms with van der Waals surface area (Å²) in [7, 11) is -0.646. The monoisotopic (exact) mass is 348 g/mol. The molecule has 0 saturated heterocycles. The number of carbonyl (C=O) groups excluding carboxylic acids is 1. The molecule has 0 aromatic carbocycles. The van der Waals surface area contributed by atoms with Crippen molar-refractivity contribution in [2.24, 2.45) is 0 Å². The fourth-order valence-corrected chi connectivity index (χ4v) is 3.03. The molecule has 1 amide bonds. The third-order valence-corrected chi connectivity index (χ3v) is 5.86. The Morgan fingerprint density at radius 2 is 2.00 bits per heavy atom. The van der Waals surface area contributed by atoms with Crippen molar-refractivity contribution in [2.45, 2.75) is 43.6 Å². The minimum Gasteiger partial charge on any atom is -0.447 e. The fourth-order valence-electron chi connectivity index (χ4n) is 1.50. The molecule has 0 fully saturated rings. The van der Waals surface area contributed by atoms with Gasteiger partial charge in [-0.1, -0.05) is 6.92 Å². The van der Waals surface area contributed by atoms with E-state index in [2.05, 4.69) is 5.32 Å². The number of amides is 1. The smallest absolute Gasteiger partial charge is 0.275 e. The molecule has 6 nitrogen and oxygen atoms in total. The molecule has 1 N–H and O–H groups in total. The number of thioether (sulfide) groups is 1. The molecule has 0 aliphatic heterocycles. The van der Waals surface area contributed by atoms with Gasteiger partial charge in [0, 0.05) is 19.6 Å². The SMILES string of the molecule is CCC(C)(C)NC(=O)CSCc1ccc(S(=O)(=O)N(C)C)o1. The summed E-state index contributed by atoms with van der Waals surface area (Å²) in [5, 5.41) is 2.86. The molecular weight excluding hydrogens is 324 g/mol. The summed E-state index contributed by atoms with van der Waals surface area (Å²) >= 11 is 1.38. The van der Waals surface area contributed by atoms with E-state index in [0.717, 1.165) is 10.7 Å². The van der Waals surface area contributed by atoms with E-state index in [4.69, 9.17) is 4.42 Å². The molecule has 126 valence electrons. The number of rotatable bonds is 8. The lowest BCUT2D eigenvalue weighted by Gasteiger charge is -2.24. The zero-order chi connectivity index (χ0) is 17.0. The lowest BCUT2D eigenvalue weighted by molar-refractivity contribution is -0.120. The predicted molar refractivity (Wildman–Crippen MR) is 88.3 cm³/mol. The van der Waals surface area contributed by atoms with Crippen LogP contribution >= 0.6 is 11.8 Å². The van der Waals surface area contributed by atoms with Crippen molar-refractivity contribution in [1.82, 2.24) is 9.62 Å². The van der Waals surface area contributed by atoms with Gasteiger partial charge in [-0.3, -0.25) is 4.79 Å². The van der Waals surface area contributed by atoms with E-state index in [1.807, 2.05) is 20.8 Å². The van der Waals surface area contributed by atoms with Crippen LogP contribution in [0, 0.1) is 0 Å². The fraction of sp³-hybridized carbons (Fsp3) is 0.643. The van der Waals surface area contributed by atoms with Gasteiger partial charge in [0.2, 0.25) is 11.0 Å². The number of nitrogens with one attached hydrogen (secondary N) is 1. The molecule has 0 radical (unpaired) electrons. The van der Waals surface area contributed by atoms with E-state index < -0.39 is 10.0 Å². The molecule has 0 unspecified atom stereocenters. The van der Waals surface area contributed by atoms with Gasteiger partial charge in [-0.15, -0.1) is 11.8 Å². The molecule has 8 heteroatoms. The van der Waals surface area contributed by atoms with E-state index in [1.165, 1.54) is 31.9 Å². The second-order valence-electron chi connectivity index (χ2n) is 5.79. The number of sulfonamides is 1. The highest BCUT2D eigenvalue weighted by atomic mass is 32.2. The van der Waals surface area contributed by atoms with Crippen molar-refractivity contribution in [1.29, 1.82) is 0 Å². The topological polar surface area (TPSA) is 79.6 Å². The van der Waals surface area contributed by atoms with Crippen LogP contribution in [0.5, 0.6) is 0 Å². The first kappa shape index (κ1) is 19.1. The Morgan fingerprint density at radius 1 is 1.36 bits per heavy atom. The highest BCUT2D eigenvalue weighted by molar-refractivity contribution is 7.99. The molecule has 1 rings (SSSR count). The van der Waals surface area contributed by atoms with Crippen LogP contribution in [0.2, 0.25) is 0 Å². The molecule has 0 aliphatic carbocycles. The maximum atomic E-state index is 11.9. The molecule has 1 aromatic heterocycles. The van der Waals surface area contributed by atoms with Gasteiger partial charge in [0.25, 0.3) is 10.0 Å². The van der Waals surface area contributed by atoms with Gasteiger partial charge in [-0.25, -0.2) is 12.7 Å². The van der Waals surface area contributed by atoms with E-state index in [-0.39, 0.29) is 16.5 Å². The van der Waals surface area contributed by atoms with Gasteiger partial charge in [0.05, 0.1) is 11.5 Å². The maximum Gasteiger partial charge on any atom is 0.275 e. The van der Waals surface area contributed by atoms with Crippen LogP contribution in [-0.4, -0.2) is 44.0 Å². The lowest BCUT2D eigenvalue weighted by Crippen LogP contribution is -2.43. The van der Waals surface area contributed by atoms with Crippen molar-refractivity contribution in [3.63, 3.8) is 0 Å². The summed E-state index contributed by atoms with van der Waals surface area (Å²) in [5.74, 6) is 1.25. The number of nitrogens with zero attached hydrogens (tertiary/aromatic N) is 1. The van der Waals surface area contributed by atoms with Crippen LogP contribution in [0.15, 0.2) is 21.6 Å². The second kappa shape index (κ2) is 7.52. The Labute approximate surface area is 136 Å². The van der Waals surface area contributed by atoms with E-state index in [0.29, 0.717) is 17.3 Å². The first-order chi connectivity index (χ1) is 10.1. The molecule has 1 aromatic rings. The van der Waals surface area contributed by atoms with Gasteiger partial charge in [-0.2, -0.15) is 0 Å². The number of hydrogen-bond donors (Lipinski definition) is 1. The van der Waals surface area contributed by atoms with Gasteiger partial charge < -0.3 is 9.73 Å². The van der Waals surface area contributed by atoms with Gasteiger partial charge in [-0.05, 0) is 32.4 Å². The van der Waals surface area contributed by atoms with Gasteiger partial charge in [0.15, 0.2) is 0 Å². The summed E-state index contributed by atoms with van der Waals surface area (Å²) in [6.45, 7) is 5.96. The average Bonchev–Trinajstić information content (AvgIpc) is 2.87. The summed E-state index contributed by atoms with van der Waals surface area (Å²) in [5.41, 5.74) is -0.213. The highest BCUT2D eigenvalue weighted by Crippen LogP contribution is 2.20. The van der Waals surface area contributed by atoms with E-state index in [9.17, 15) is 13.2 Å². The Bertz CT molecular complexity index is 606. The minimum atomic E-state index is -3.55. The van der Waals surface area contributed by atoms with E-state index >= 15 is 0 Å². The average molecular weight is 348 g/mol. The maximum absolute atomic E-state index is 11.9. The molecule has 0 bridgehead atoms. The molecular formula is C14H24N2O4S2. The van der Waals surface area contributed by atoms with E-state index in [1.54, 1.807) is 6.07 Å². The summed E-state index contributed by atoms with van der Waals surface area (Å²) in [6.07, 6.45) is 0.855. The zero-order valence-electron chi connectivity index (χ0n) is 13.7. The molecule has 0 spiro atoms. The largest absolute Gasteiger partial charge is 0.447 e. The normalized spacial score (nSPS) is 12.6. The molecule has 0 aliphatic rings. The third-order valence-electron chi connectivity index (χ3n) is 3.21. The van der Waals surface area contributed by atoms with Crippen LogP contribution in [0.25, 0.3) is 0 Å². The highest BCUT2D eigenvalue weighted by Gasteiger charge is 2.22. The molecule has 1 heterocycles. The van der Waals surface area contributed by atoms with Crippen LogP contribution in [0.4, 0.5) is 0 Å². The first-order valence-electron chi connectivity index (χ1n) is 6.98. The third kappa shape index (κ3) is 5.33. The van der Waals surface area contributed by atoms with Crippen LogP contribution in [0.3, 0.4) is 0 Å². The van der Waals surface area contributed by atoms with Gasteiger partial charge >= 0.3 is 0 Å². The summed E-state index contributed by atoms with van der Waals surface area (Å²) < 4.78 is 30.2. The number of furan rings is 1. The molecule has 0 saturated carbocycles. The van der Waals surface area contributed by atoms with Crippen molar-refractivity contribution < 1.29 is 17.6 Å². The minimum absolute atomic E-state index is 0.0375. The first-order valence-corrected chi connectivity index (χ1v) is 9.58. The second-order valence-corrected chi connectivity index (χ2v) is 8.85. The lowest BCUT2D eigenvalue weighted by atomic mass is 10.0. The van der Waals surface area contributed by atoms with Crippen molar-refractivity contribution in [3.05, 3.63) is 17.9 Å².